The Bertz CT molecular complexity index is 1290. The van der Waals surface area contributed by atoms with E-state index in [1.54, 1.807) is 30.3 Å². The molecule has 0 spiro atoms. The molecular weight excluding hydrogens is 422 g/mol. The zero-order valence-electron chi connectivity index (χ0n) is 17.4. The summed E-state index contributed by atoms with van der Waals surface area (Å²) in [5, 5.41) is 5.41. The van der Waals surface area contributed by atoms with Crippen LogP contribution in [-0.4, -0.2) is 34.6 Å². The minimum absolute atomic E-state index is 0.0686. The number of nitrogens with zero attached hydrogens (tertiary/aromatic N) is 1. The Labute approximate surface area is 189 Å². The van der Waals surface area contributed by atoms with Gasteiger partial charge in [-0.05, 0) is 42.8 Å². The molecule has 2 heterocycles. The summed E-state index contributed by atoms with van der Waals surface area (Å²) in [4.78, 5) is 51.1. The molecule has 1 fully saturated rings. The van der Waals surface area contributed by atoms with Crippen LogP contribution in [0.1, 0.15) is 33.6 Å². The van der Waals surface area contributed by atoms with Crippen LogP contribution in [0.2, 0.25) is 0 Å². The van der Waals surface area contributed by atoms with Crippen molar-refractivity contribution >= 4 is 35.0 Å². The highest BCUT2D eigenvalue weighted by atomic mass is 16.5. The van der Waals surface area contributed by atoms with Crippen LogP contribution < -0.4 is 15.4 Å². The van der Waals surface area contributed by atoms with Crippen LogP contribution in [0.25, 0.3) is 0 Å². The lowest BCUT2D eigenvalue weighted by Crippen LogP contribution is -2.54. The number of ether oxygens (including phenoxy) is 1. The molecule has 0 saturated carbocycles. The lowest BCUT2D eigenvalue weighted by molar-refractivity contribution is -0.136. The Kier molecular flexibility index (Phi) is 5.10. The van der Waals surface area contributed by atoms with Gasteiger partial charge in [0, 0.05) is 6.42 Å². The number of nitrogens with one attached hydrogen (secondary N) is 2. The summed E-state index contributed by atoms with van der Waals surface area (Å²) in [6, 6.07) is 20.4. The van der Waals surface area contributed by atoms with Crippen LogP contribution in [0.4, 0.5) is 11.4 Å². The topological polar surface area (TPSA) is 105 Å². The monoisotopic (exact) mass is 441 g/mol. The maximum atomic E-state index is 13.3. The first kappa shape index (κ1) is 20.4. The number of para-hydroxylation sites is 3. The fourth-order valence-corrected chi connectivity index (χ4v) is 4.04. The van der Waals surface area contributed by atoms with Crippen molar-refractivity contribution in [2.45, 2.75) is 18.9 Å². The molecule has 2 aliphatic heterocycles. The van der Waals surface area contributed by atoms with Gasteiger partial charge in [0.15, 0.2) is 5.75 Å². The van der Waals surface area contributed by atoms with E-state index in [1.807, 2.05) is 42.5 Å². The molecule has 0 radical (unpaired) electrons. The van der Waals surface area contributed by atoms with Gasteiger partial charge in [-0.15, -0.1) is 0 Å². The second-order valence-corrected chi connectivity index (χ2v) is 7.71. The summed E-state index contributed by atoms with van der Waals surface area (Å²) >= 11 is 0. The summed E-state index contributed by atoms with van der Waals surface area (Å²) in [5.41, 5.74) is 1.41. The molecule has 8 nitrogen and oxygen atoms in total. The summed E-state index contributed by atoms with van der Waals surface area (Å²) < 4.78 is 5.98. The zero-order valence-corrected chi connectivity index (χ0v) is 17.4. The third-order valence-corrected chi connectivity index (χ3v) is 5.60. The molecule has 164 valence electrons. The van der Waals surface area contributed by atoms with Crippen molar-refractivity contribution in [1.29, 1.82) is 0 Å². The van der Waals surface area contributed by atoms with Crippen molar-refractivity contribution in [2.75, 3.05) is 5.32 Å². The molecule has 1 unspecified atom stereocenters. The fraction of sp³-hybridized carbons (Fsp3) is 0.120. The van der Waals surface area contributed by atoms with Crippen molar-refractivity contribution < 1.29 is 23.9 Å². The lowest BCUT2D eigenvalue weighted by Gasteiger charge is -2.27. The van der Waals surface area contributed by atoms with E-state index in [9.17, 15) is 19.2 Å². The first-order valence-corrected chi connectivity index (χ1v) is 10.5. The van der Waals surface area contributed by atoms with Crippen LogP contribution in [-0.2, 0) is 9.59 Å². The van der Waals surface area contributed by atoms with Crippen LogP contribution >= 0.6 is 0 Å². The number of carbonyl (C=O) groups is 4. The molecule has 0 bridgehead atoms. The van der Waals surface area contributed by atoms with Gasteiger partial charge in [-0.1, -0.05) is 36.4 Å². The summed E-state index contributed by atoms with van der Waals surface area (Å²) in [5.74, 6) is -0.987. The van der Waals surface area contributed by atoms with E-state index in [0.29, 0.717) is 22.9 Å². The Balaban J connectivity index is 1.46. The quantitative estimate of drug-likeness (QED) is 0.586. The number of fused-ring (bicyclic) bond motifs is 1. The smallest absolute Gasteiger partial charge is 0.264 e. The second kappa shape index (κ2) is 8.23. The Morgan fingerprint density at radius 2 is 1.55 bits per heavy atom. The van der Waals surface area contributed by atoms with Crippen LogP contribution in [0.5, 0.6) is 11.5 Å². The highest BCUT2D eigenvalue weighted by Gasteiger charge is 2.45. The molecule has 5 rings (SSSR count). The van der Waals surface area contributed by atoms with Crippen LogP contribution in [0.15, 0.2) is 72.8 Å². The number of amides is 4. The van der Waals surface area contributed by atoms with Crippen molar-refractivity contribution in [3.05, 3.63) is 83.9 Å². The van der Waals surface area contributed by atoms with E-state index in [0.717, 1.165) is 4.90 Å². The highest BCUT2D eigenvalue weighted by Crippen LogP contribution is 2.36. The lowest BCUT2D eigenvalue weighted by atomic mass is 10.0. The van der Waals surface area contributed by atoms with Gasteiger partial charge in [-0.25, -0.2) is 0 Å². The van der Waals surface area contributed by atoms with Gasteiger partial charge in [-0.2, -0.15) is 0 Å². The molecule has 0 aliphatic carbocycles. The molecule has 3 aromatic rings. The van der Waals surface area contributed by atoms with E-state index in [-0.39, 0.29) is 24.0 Å². The first-order valence-electron chi connectivity index (χ1n) is 10.5. The van der Waals surface area contributed by atoms with Gasteiger partial charge >= 0.3 is 0 Å². The molecule has 1 atom stereocenters. The van der Waals surface area contributed by atoms with Gasteiger partial charge in [0.05, 0.1) is 22.5 Å². The van der Waals surface area contributed by atoms with Gasteiger partial charge < -0.3 is 10.1 Å². The standard InChI is InChI=1S/C25H19N3O5/c29-21-14-13-19(23(30)27-21)28-24(31)16-9-6-11-18(22(16)25(28)32)26-17-10-4-5-12-20(17)33-15-7-2-1-3-8-15/h1-12,19,26H,13-14H2,(H,27,29,30). The summed E-state index contributed by atoms with van der Waals surface area (Å²) in [7, 11) is 0. The average molecular weight is 441 g/mol. The van der Waals surface area contributed by atoms with E-state index in [1.165, 1.54) is 0 Å². The second-order valence-electron chi connectivity index (χ2n) is 7.71. The van der Waals surface area contributed by atoms with Gasteiger partial charge in [-0.3, -0.25) is 29.4 Å². The molecule has 4 amide bonds. The van der Waals surface area contributed by atoms with E-state index < -0.39 is 29.7 Å². The molecule has 8 heteroatoms. The number of hydrogen-bond donors (Lipinski definition) is 2. The Hall–Kier alpha value is -4.46. The highest BCUT2D eigenvalue weighted by molar-refractivity contribution is 6.25. The summed E-state index contributed by atoms with van der Waals surface area (Å²) in [6.07, 6.45) is 0.172. The third-order valence-electron chi connectivity index (χ3n) is 5.60. The minimum Gasteiger partial charge on any atom is -0.455 e. The van der Waals surface area contributed by atoms with E-state index in [2.05, 4.69) is 10.6 Å². The van der Waals surface area contributed by atoms with Gasteiger partial charge in [0.2, 0.25) is 11.8 Å². The fourth-order valence-electron chi connectivity index (χ4n) is 4.04. The summed E-state index contributed by atoms with van der Waals surface area (Å²) in [6.45, 7) is 0. The molecule has 33 heavy (non-hydrogen) atoms. The molecule has 2 N–H and O–H groups in total. The number of benzene rings is 3. The minimum atomic E-state index is -1.02. The predicted molar refractivity (Wildman–Crippen MR) is 119 cm³/mol. The number of rotatable bonds is 5. The number of carbonyl (C=O) groups excluding carboxylic acids is 4. The average Bonchev–Trinajstić information content (AvgIpc) is 3.07. The van der Waals surface area contributed by atoms with Crippen molar-refractivity contribution in [2.24, 2.45) is 0 Å². The normalized spacial score (nSPS) is 17.6. The maximum Gasteiger partial charge on any atom is 0.264 e. The van der Waals surface area contributed by atoms with Crippen molar-refractivity contribution in [3.8, 4) is 11.5 Å². The molecule has 0 aromatic heterocycles. The molecule has 1 saturated heterocycles. The number of anilines is 2. The van der Waals surface area contributed by atoms with Crippen LogP contribution in [0.3, 0.4) is 0 Å². The van der Waals surface area contributed by atoms with Crippen LogP contribution in [0, 0.1) is 0 Å². The van der Waals surface area contributed by atoms with E-state index >= 15 is 0 Å². The zero-order chi connectivity index (χ0) is 22.9. The Morgan fingerprint density at radius 1 is 0.818 bits per heavy atom. The van der Waals surface area contributed by atoms with Crippen molar-refractivity contribution in [3.63, 3.8) is 0 Å². The Morgan fingerprint density at radius 3 is 2.33 bits per heavy atom. The SMILES string of the molecule is O=C1CCC(N2C(=O)c3cccc(Nc4ccccc4Oc4ccccc4)c3C2=O)C(=O)N1. The van der Waals surface area contributed by atoms with Gasteiger partial charge in [0.25, 0.3) is 11.8 Å². The molecular formula is C25H19N3O5. The number of hydrogen-bond acceptors (Lipinski definition) is 6. The maximum absolute atomic E-state index is 13.3. The molecule has 2 aliphatic rings. The third kappa shape index (κ3) is 3.71. The largest absolute Gasteiger partial charge is 0.455 e. The van der Waals surface area contributed by atoms with Crippen molar-refractivity contribution in [1.82, 2.24) is 10.2 Å². The van der Waals surface area contributed by atoms with E-state index in [4.69, 9.17) is 4.74 Å². The predicted octanol–water partition coefficient (Wildman–Crippen LogP) is 3.62. The first-order chi connectivity index (χ1) is 16.0. The van der Waals surface area contributed by atoms with Gasteiger partial charge in [0.1, 0.15) is 11.8 Å². The number of imide groups is 2. The molecule has 3 aromatic carbocycles. The number of piperidine rings is 1.